The third-order valence-corrected chi connectivity index (χ3v) is 13.4. The Morgan fingerprint density at radius 2 is 1.90 bits per heavy atom. The zero-order chi connectivity index (χ0) is 28.5. The Kier molecular flexibility index (Phi) is 5.93. The maximum Gasteiger partial charge on any atom is 0.338 e. The number of hydrogen-bond acceptors (Lipinski definition) is 8. The lowest BCUT2D eigenvalue weighted by Gasteiger charge is -2.69. The summed E-state index contributed by atoms with van der Waals surface area (Å²) in [6, 6.07) is 6.96. The predicted molar refractivity (Wildman–Crippen MR) is 150 cm³/mol. The van der Waals surface area contributed by atoms with E-state index in [9.17, 15) is 4.79 Å². The number of carbonyl (C=O) groups is 1. The van der Waals surface area contributed by atoms with E-state index in [0.717, 1.165) is 32.4 Å². The van der Waals surface area contributed by atoms with Gasteiger partial charge in [0.1, 0.15) is 18.5 Å². The fourth-order valence-electron chi connectivity index (χ4n) is 12.3. The number of rotatable bonds is 6. The van der Waals surface area contributed by atoms with Gasteiger partial charge in [-0.2, -0.15) is 0 Å². The second-order valence-electron chi connectivity index (χ2n) is 14.0. The molecule has 13 atom stereocenters. The van der Waals surface area contributed by atoms with Crippen molar-refractivity contribution >= 4 is 17.6 Å². The number of esters is 1. The normalized spacial score (nSPS) is 52.4. The number of piperidine rings is 1. The molecule has 9 heteroatoms. The number of likely N-dealkylation sites (N-methyl/N-ethyl adjacent to an activating group) is 1. The summed E-state index contributed by atoms with van der Waals surface area (Å²) < 4.78 is 40.0. The third kappa shape index (κ3) is 2.92. The molecule has 7 aliphatic rings. The molecule has 5 saturated carbocycles. The van der Waals surface area contributed by atoms with Gasteiger partial charge in [0.15, 0.2) is 5.60 Å². The number of benzene rings is 1. The van der Waals surface area contributed by atoms with E-state index in [4.69, 9.17) is 40.0 Å². The first-order valence-electron chi connectivity index (χ1n) is 15.3. The lowest BCUT2D eigenvalue weighted by Crippen LogP contribution is -2.81. The molecular formula is C32H42ClNO7. The highest BCUT2D eigenvalue weighted by molar-refractivity contribution is 6.30. The Morgan fingerprint density at radius 3 is 2.59 bits per heavy atom. The van der Waals surface area contributed by atoms with Crippen LogP contribution in [-0.2, 0) is 28.4 Å². The van der Waals surface area contributed by atoms with Crippen molar-refractivity contribution in [1.29, 1.82) is 0 Å². The van der Waals surface area contributed by atoms with E-state index < -0.39 is 17.3 Å². The summed E-state index contributed by atoms with van der Waals surface area (Å²) in [5, 5.41) is 0.586. The minimum absolute atomic E-state index is 0.0121. The average Bonchev–Trinajstić information content (AvgIpc) is 3.56. The summed E-state index contributed by atoms with van der Waals surface area (Å²) in [5.74, 6) is 0.355. The number of halogens is 1. The van der Waals surface area contributed by atoms with Crippen molar-refractivity contribution in [3.63, 3.8) is 0 Å². The molecule has 41 heavy (non-hydrogen) atoms. The van der Waals surface area contributed by atoms with Crippen LogP contribution in [0.3, 0.4) is 0 Å². The Bertz CT molecular complexity index is 1250. The van der Waals surface area contributed by atoms with Crippen molar-refractivity contribution in [1.82, 2.24) is 4.90 Å². The molecule has 1 aromatic carbocycles. The first kappa shape index (κ1) is 27.3. The summed E-state index contributed by atoms with van der Waals surface area (Å²) >= 11 is 6.17. The van der Waals surface area contributed by atoms with Gasteiger partial charge in [0.2, 0.25) is 0 Å². The molecule has 1 aromatic rings. The molecule has 5 aliphatic carbocycles. The second-order valence-corrected chi connectivity index (χ2v) is 14.4. The number of nitrogens with zero attached hydrogens (tertiary/aromatic N) is 1. The van der Waals surface area contributed by atoms with Crippen molar-refractivity contribution in [2.75, 3.05) is 41.2 Å². The molecule has 0 N–H and O–H groups in total. The molecule has 0 amide bonds. The van der Waals surface area contributed by atoms with Crippen LogP contribution in [0.5, 0.6) is 0 Å². The number of fused-ring (bicyclic) bond motifs is 1. The van der Waals surface area contributed by atoms with E-state index in [1.165, 1.54) is 0 Å². The summed E-state index contributed by atoms with van der Waals surface area (Å²) in [4.78, 5) is 16.7. The van der Waals surface area contributed by atoms with Gasteiger partial charge in [-0.15, -0.1) is 0 Å². The smallest absolute Gasteiger partial charge is 0.338 e. The van der Waals surface area contributed by atoms with Gasteiger partial charge >= 0.3 is 5.97 Å². The summed E-state index contributed by atoms with van der Waals surface area (Å²) in [6.45, 7) is 6.66. The van der Waals surface area contributed by atoms with Crippen LogP contribution in [0.4, 0.5) is 0 Å². The SMILES string of the molecule is CCN1C[C@]2(C)CC[C@H](OC)[C@]34[C@@H]5C[C@H]6[C@H](OC)[C@@H]5[C@@]5(C[C@@H]6OC)OCO[C@]5([C@H]13)[C@@H](OC(=O)c1ccc(Cl)cc1)[C@H]24. The number of hydrogen-bond donors (Lipinski definition) is 0. The highest BCUT2D eigenvalue weighted by Crippen LogP contribution is 2.82. The van der Waals surface area contributed by atoms with Crippen molar-refractivity contribution in [2.45, 2.75) is 81.2 Å². The van der Waals surface area contributed by atoms with E-state index in [0.29, 0.717) is 17.0 Å². The van der Waals surface area contributed by atoms with Crippen LogP contribution in [0.15, 0.2) is 24.3 Å². The van der Waals surface area contributed by atoms with Crippen LogP contribution in [0.1, 0.15) is 49.9 Å². The standard InChI is InChI=1S/C32H42ClNO7/c1-6-34-15-29(2)12-11-22(37-4)31-20-13-19-21(36-3)14-30(23(20)24(19)38-5)32(28(31)34,40-16-39-30)26(25(29)31)41-27(35)17-7-9-18(33)10-8-17/h7-10,19-26,28H,6,11-16H2,1-5H3/t19-,20-,21+,22+,23-,24+,25-,26+,28-,29+,30-,31+,32+/m1/s1. The third-order valence-electron chi connectivity index (χ3n) is 13.1. The van der Waals surface area contributed by atoms with Gasteiger partial charge in [-0.05, 0) is 61.4 Å². The summed E-state index contributed by atoms with van der Waals surface area (Å²) in [5.41, 5.74) is -1.45. The molecule has 0 radical (unpaired) electrons. The maximum atomic E-state index is 14.0. The van der Waals surface area contributed by atoms with Crippen LogP contribution >= 0.6 is 11.6 Å². The van der Waals surface area contributed by atoms with Crippen molar-refractivity contribution < 1.29 is 33.2 Å². The van der Waals surface area contributed by atoms with Crippen LogP contribution in [0.2, 0.25) is 5.02 Å². The molecule has 2 aliphatic heterocycles. The van der Waals surface area contributed by atoms with Gasteiger partial charge in [-0.25, -0.2) is 4.79 Å². The Labute approximate surface area is 247 Å². The van der Waals surface area contributed by atoms with Gasteiger partial charge < -0.3 is 28.4 Å². The molecule has 0 unspecified atom stereocenters. The number of carbonyl (C=O) groups excluding carboxylic acids is 1. The fraction of sp³-hybridized carbons (Fsp3) is 0.781. The number of methoxy groups -OCH3 is 3. The minimum Gasteiger partial charge on any atom is -0.455 e. The molecule has 8 rings (SSSR count). The molecule has 2 heterocycles. The molecule has 224 valence electrons. The second kappa shape index (κ2) is 8.90. The van der Waals surface area contributed by atoms with E-state index in [-0.39, 0.29) is 71.6 Å². The number of likely N-dealkylation sites (tertiary alicyclic amines) is 1. The van der Waals surface area contributed by atoms with Crippen LogP contribution in [-0.4, -0.2) is 93.7 Å². The fourth-order valence-corrected chi connectivity index (χ4v) is 12.5. The maximum absolute atomic E-state index is 14.0. The van der Waals surface area contributed by atoms with E-state index >= 15 is 0 Å². The zero-order valence-electron chi connectivity index (χ0n) is 24.6. The first-order valence-corrected chi connectivity index (χ1v) is 15.7. The van der Waals surface area contributed by atoms with Gasteiger partial charge in [0.05, 0.1) is 29.9 Å². The van der Waals surface area contributed by atoms with Crippen molar-refractivity contribution in [3.8, 4) is 0 Å². The lowest BCUT2D eigenvalue weighted by atomic mass is 9.43. The molecule has 7 bridgehead atoms. The molecular weight excluding hydrogens is 546 g/mol. The van der Waals surface area contributed by atoms with E-state index in [1.807, 2.05) is 14.2 Å². The molecule has 3 spiro atoms. The lowest BCUT2D eigenvalue weighted by molar-refractivity contribution is -0.282. The molecule has 0 aromatic heterocycles. The van der Waals surface area contributed by atoms with Crippen LogP contribution in [0.25, 0.3) is 0 Å². The molecule has 2 saturated heterocycles. The van der Waals surface area contributed by atoms with Crippen LogP contribution in [0, 0.1) is 34.5 Å². The number of ether oxygens (including phenoxy) is 6. The quantitative estimate of drug-likeness (QED) is 0.459. The van der Waals surface area contributed by atoms with Gasteiger partial charge in [-0.3, -0.25) is 4.90 Å². The first-order chi connectivity index (χ1) is 19.8. The Hall–Kier alpha value is -1.26. The highest BCUT2D eigenvalue weighted by atomic mass is 35.5. The summed E-state index contributed by atoms with van der Waals surface area (Å²) in [6.07, 6.45) is 3.14. The summed E-state index contributed by atoms with van der Waals surface area (Å²) in [7, 11) is 5.51. The minimum atomic E-state index is -0.876. The van der Waals surface area contributed by atoms with Crippen LogP contribution < -0.4 is 0 Å². The highest BCUT2D eigenvalue weighted by Gasteiger charge is 2.94. The van der Waals surface area contributed by atoms with E-state index in [1.54, 1.807) is 31.4 Å². The van der Waals surface area contributed by atoms with Crippen molar-refractivity contribution in [3.05, 3.63) is 34.9 Å². The molecule has 7 fully saturated rings. The van der Waals surface area contributed by atoms with Gasteiger partial charge in [0.25, 0.3) is 0 Å². The van der Waals surface area contributed by atoms with Crippen molar-refractivity contribution in [2.24, 2.45) is 34.5 Å². The Morgan fingerprint density at radius 1 is 1.12 bits per heavy atom. The topological polar surface area (TPSA) is 75.7 Å². The van der Waals surface area contributed by atoms with Gasteiger partial charge in [0, 0.05) is 62.5 Å². The average molecular weight is 588 g/mol. The largest absolute Gasteiger partial charge is 0.455 e. The monoisotopic (exact) mass is 587 g/mol. The zero-order valence-corrected chi connectivity index (χ0v) is 25.4. The Balaban J connectivity index is 1.40. The van der Waals surface area contributed by atoms with E-state index in [2.05, 4.69) is 18.7 Å². The predicted octanol–water partition coefficient (Wildman–Crippen LogP) is 4.18. The van der Waals surface area contributed by atoms with Gasteiger partial charge in [-0.1, -0.05) is 25.4 Å². The molecule has 8 nitrogen and oxygen atoms in total.